The highest BCUT2D eigenvalue weighted by Crippen LogP contribution is 2.40. The monoisotopic (exact) mass is 404 g/mol. The van der Waals surface area contributed by atoms with E-state index in [0.717, 1.165) is 0 Å². The zero-order valence-electron chi connectivity index (χ0n) is 17.1. The molecule has 0 fully saturated rings. The van der Waals surface area contributed by atoms with E-state index in [1.165, 1.54) is 28.4 Å². The van der Waals surface area contributed by atoms with Gasteiger partial charge in [-0.3, -0.25) is 9.59 Å². The zero-order chi connectivity index (χ0) is 21.4. The molecule has 0 saturated carbocycles. The number of benzene rings is 2. The van der Waals surface area contributed by atoms with Crippen LogP contribution < -0.4 is 9.47 Å². The van der Waals surface area contributed by atoms with Crippen molar-refractivity contribution in [1.29, 1.82) is 0 Å². The maximum Gasteiger partial charge on any atom is 0.198 e. The van der Waals surface area contributed by atoms with E-state index in [1.54, 1.807) is 48.6 Å². The van der Waals surface area contributed by atoms with Gasteiger partial charge in [-0.05, 0) is 24.3 Å². The van der Waals surface area contributed by atoms with Crippen molar-refractivity contribution >= 4 is 23.1 Å². The van der Waals surface area contributed by atoms with Gasteiger partial charge in [0.05, 0.1) is 39.6 Å². The lowest BCUT2D eigenvalue weighted by molar-refractivity contribution is 0.0998. The Bertz CT molecular complexity index is 1070. The number of carbonyl (C=O) groups is 2. The van der Waals surface area contributed by atoms with Crippen LogP contribution in [0.1, 0.15) is 31.8 Å². The fourth-order valence-electron chi connectivity index (χ4n) is 3.84. The van der Waals surface area contributed by atoms with Crippen molar-refractivity contribution in [3.05, 3.63) is 82.0 Å². The summed E-state index contributed by atoms with van der Waals surface area (Å²) in [4.78, 5) is 26.9. The number of carbonyl (C=O) groups excluding carboxylic acids is 2. The number of rotatable bonds is 4. The molecule has 0 unspecified atom stereocenters. The van der Waals surface area contributed by atoms with Gasteiger partial charge < -0.3 is 18.9 Å². The average molecular weight is 404 g/mol. The molecule has 0 atom stereocenters. The number of Topliss-reactive ketones (excluding diaryl/α,β-unsaturated/α-hetero) is 2. The Morgan fingerprint density at radius 2 is 0.967 bits per heavy atom. The Labute approximate surface area is 174 Å². The van der Waals surface area contributed by atoms with Crippen LogP contribution in [0.25, 0.3) is 11.5 Å². The first-order valence-electron chi connectivity index (χ1n) is 9.25. The van der Waals surface area contributed by atoms with Gasteiger partial charge >= 0.3 is 0 Å². The maximum absolute atomic E-state index is 13.5. The van der Waals surface area contributed by atoms with Crippen LogP contribution in [-0.4, -0.2) is 40.0 Å². The summed E-state index contributed by atoms with van der Waals surface area (Å²) >= 11 is 0. The molecule has 0 radical (unpaired) electrons. The fraction of sp³-hybridized carbons (Fsp3) is 0.167. The van der Waals surface area contributed by atoms with Gasteiger partial charge in [-0.2, -0.15) is 0 Å². The molecule has 0 spiro atoms. The average Bonchev–Trinajstić information content (AvgIpc) is 2.79. The van der Waals surface area contributed by atoms with Crippen molar-refractivity contribution in [3.8, 4) is 11.5 Å². The Balaban J connectivity index is 2.02. The number of ketones is 2. The van der Waals surface area contributed by atoms with Crippen LogP contribution in [0, 0.1) is 0 Å². The highest BCUT2D eigenvalue weighted by molar-refractivity contribution is 6.26. The largest absolute Gasteiger partial charge is 0.496 e. The summed E-state index contributed by atoms with van der Waals surface area (Å²) in [6.07, 6.45) is 3.17. The summed E-state index contributed by atoms with van der Waals surface area (Å²) in [5, 5.41) is 0. The van der Waals surface area contributed by atoms with Crippen molar-refractivity contribution in [2.24, 2.45) is 0 Å². The number of hydrogen-bond acceptors (Lipinski definition) is 6. The van der Waals surface area contributed by atoms with E-state index >= 15 is 0 Å². The zero-order valence-corrected chi connectivity index (χ0v) is 17.1. The highest BCUT2D eigenvalue weighted by Gasteiger charge is 2.34. The molecular formula is C24H20O6. The third-order valence-electron chi connectivity index (χ3n) is 5.25. The van der Waals surface area contributed by atoms with Crippen molar-refractivity contribution in [2.45, 2.75) is 0 Å². The van der Waals surface area contributed by atoms with Crippen LogP contribution in [0.15, 0.2) is 59.7 Å². The first-order chi connectivity index (χ1) is 14.5. The van der Waals surface area contributed by atoms with Crippen LogP contribution in [-0.2, 0) is 9.47 Å². The molecule has 6 heteroatoms. The molecule has 2 aromatic rings. The standard InChI is InChI=1S/C24H20O6/c1-27-17-9-5-7-13-19(29-3)11-15(23(25)21(13)17)16-12-20(30-4)14-8-6-10-18(28-2)22(14)24(16)26/h5-12H,1-4H3/b16-15+. The first-order valence-corrected chi connectivity index (χ1v) is 9.25. The summed E-state index contributed by atoms with van der Waals surface area (Å²) in [6, 6.07) is 10.5. The third kappa shape index (κ3) is 2.80. The number of hydrogen-bond donors (Lipinski definition) is 0. The van der Waals surface area contributed by atoms with Crippen molar-refractivity contribution in [1.82, 2.24) is 0 Å². The van der Waals surface area contributed by atoms with Gasteiger partial charge in [0.1, 0.15) is 23.0 Å². The second-order valence-electron chi connectivity index (χ2n) is 6.68. The summed E-state index contributed by atoms with van der Waals surface area (Å²) in [5.41, 5.74) is 2.35. The first kappa shape index (κ1) is 19.5. The molecule has 2 aromatic carbocycles. The van der Waals surface area contributed by atoms with Gasteiger partial charge in [0.2, 0.25) is 0 Å². The molecule has 2 aliphatic rings. The van der Waals surface area contributed by atoms with Crippen molar-refractivity contribution < 1.29 is 28.5 Å². The highest BCUT2D eigenvalue weighted by atomic mass is 16.5. The molecule has 0 bridgehead atoms. The molecule has 152 valence electrons. The summed E-state index contributed by atoms with van der Waals surface area (Å²) in [7, 11) is 6.03. The minimum Gasteiger partial charge on any atom is -0.496 e. The molecule has 0 aliphatic heterocycles. The summed E-state index contributed by atoms with van der Waals surface area (Å²) < 4.78 is 21.8. The van der Waals surface area contributed by atoms with E-state index in [0.29, 0.717) is 45.3 Å². The lowest BCUT2D eigenvalue weighted by atomic mass is 9.82. The number of methoxy groups -OCH3 is 4. The van der Waals surface area contributed by atoms with Crippen LogP contribution in [0.4, 0.5) is 0 Å². The second-order valence-corrected chi connectivity index (χ2v) is 6.68. The second kappa shape index (κ2) is 7.55. The van der Waals surface area contributed by atoms with Crippen molar-refractivity contribution in [2.75, 3.05) is 28.4 Å². The Hall–Kier alpha value is -3.80. The van der Waals surface area contributed by atoms with Crippen LogP contribution in [0.3, 0.4) is 0 Å². The normalized spacial score (nSPS) is 17.5. The number of fused-ring (bicyclic) bond motifs is 2. The molecular weight excluding hydrogens is 384 g/mol. The topological polar surface area (TPSA) is 71.1 Å². The predicted molar refractivity (Wildman–Crippen MR) is 112 cm³/mol. The SMILES string of the molecule is COC1=C/C(=C2/C=C(OC)c3cccc(OC)c3C2=O)C(=O)c2c(OC)cccc21. The predicted octanol–water partition coefficient (Wildman–Crippen LogP) is 4.07. The number of ether oxygens (including phenoxy) is 4. The van der Waals surface area contributed by atoms with E-state index in [9.17, 15) is 9.59 Å². The van der Waals surface area contributed by atoms with Gasteiger partial charge in [0.15, 0.2) is 11.6 Å². The van der Waals surface area contributed by atoms with Gasteiger partial charge in [-0.1, -0.05) is 24.3 Å². The van der Waals surface area contributed by atoms with Crippen LogP contribution >= 0.6 is 0 Å². The Morgan fingerprint density at radius 1 is 0.567 bits per heavy atom. The molecule has 0 N–H and O–H groups in total. The van der Waals surface area contributed by atoms with Crippen LogP contribution in [0.5, 0.6) is 11.5 Å². The Morgan fingerprint density at radius 3 is 1.30 bits per heavy atom. The summed E-state index contributed by atoms with van der Waals surface area (Å²) in [6.45, 7) is 0. The third-order valence-corrected chi connectivity index (χ3v) is 5.25. The maximum atomic E-state index is 13.5. The number of allylic oxidation sites excluding steroid dienone is 4. The van der Waals surface area contributed by atoms with E-state index in [-0.39, 0.29) is 22.7 Å². The molecule has 2 aliphatic carbocycles. The van der Waals surface area contributed by atoms with Crippen molar-refractivity contribution in [3.63, 3.8) is 0 Å². The van der Waals surface area contributed by atoms with Gasteiger partial charge in [-0.15, -0.1) is 0 Å². The minimum absolute atomic E-state index is 0.208. The minimum atomic E-state index is -0.323. The lowest BCUT2D eigenvalue weighted by Gasteiger charge is -2.24. The molecule has 4 rings (SSSR count). The fourth-order valence-corrected chi connectivity index (χ4v) is 3.84. The van der Waals surface area contributed by atoms with Crippen LogP contribution in [0.2, 0.25) is 0 Å². The smallest absolute Gasteiger partial charge is 0.198 e. The summed E-state index contributed by atoms with van der Waals surface area (Å²) in [5.74, 6) is 1.12. The molecule has 30 heavy (non-hydrogen) atoms. The molecule has 6 nitrogen and oxygen atoms in total. The molecule has 0 aromatic heterocycles. The van der Waals surface area contributed by atoms with E-state index in [1.807, 2.05) is 0 Å². The van der Waals surface area contributed by atoms with Gasteiger partial charge in [0.25, 0.3) is 0 Å². The lowest BCUT2D eigenvalue weighted by Crippen LogP contribution is -2.20. The van der Waals surface area contributed by atoms with E-state index in [4.69, 9.17) is 18.9 Å². The quantitative estimate of drug-likeness (QED) is 0.716. The van der Waals surface area contributed by atoms with E-state index < -0.39 is 0 Å². The van der Waals surface area contributed by atoms with Gasteiger partial charge in [0, 0.05) is 22.3 Å². The van der Waals surface area contributed by atoms with Gasteiger partial charge in [-0.25, -0.2) is 0 Å². The molecule has 0 saturated heterocycles. The molecule has 0 heterocycles. The Kier molecular flexibility index (Phi) is 4.91. The van der Waals surface area contributed by atoms with E-state index in [2.05, 4.69) is 0 Å². The molecule has 0 amide bonds.